The van der Waals surface area contributed by atoms with Crippen LogP contribution in [-0.4, -0.2) is 25.0 Å². The van der Waals surface area contributed by atoms with Crippen LogP contribution in [0, 0.1) is 0 Å². The third-order valence-corrected chi connectivity index (χ3v) is 5.97. The van der Waals surface area contributed by atoms with E-state index in [9.17, 15) is 9.90 Å². The average Bonchev–Trinajstić information content (AvgIpc) is 2.37. The van der Waals surface area contributed by atoms with Crippen LogP contribution in [0.1, 0.15) is 10.4 Å². The molecule has 0 radical (unpaired) electrons. The molecule has 5 heteroatoms. The molecule has 19 heavy (non-hydrogen) atoms. The van der Waals surface area contributed by atoms with Crippen LogP contribution in [-0.2, 0) is 52.2 Å². The number of Topliss-reactive ketones (excluding diaryl/α,β-unsaturated/α-hetero) is 1. The zero-order valence-corrected chi connectivity index (χ0v) is 22.2. The molecule has 2 aromatic rings. The molecule has 0 heterocycles. The van der Waals surface area contributed by atoms with E-state index >= 15 is 0 Å². The van der Waals surface area contributed by atoms with Crippen molar-refractivity contribution < 1.29 is 62.1 Å². The number of fused-ring (bicyclic) bond motifs is 1. The summed E-state index contributed by atoms with van der Waals surface area (Å²) in [7, 11) is 3.93. The molecule has 0 fully saturated rings. The van der Waals surface area contributed by atoms with Crippen molar-refractivity contribution in [2.75, 3.05) is 19.0 Å². The summed E-state index contributed by atoms with van der Waals surface area (Å²) in [6.07, 6.45) is 0. The van der Waals surface area contributed by atoms with Gasteiger partial charge in [-0.1, -0.05) is 0 Å². The molecule has 0 saturated heterocycles. The first-order valence-electron chi connectivity index (χ1n) is 6.04. The molecule has 1 N–H and O–H groups in total. The third kappa shape index (κ3) is 3.30. The maximum absolute atomic E-state index is 12.1. The summed E-state index contributed by atoms with van der Waals surface area (Å²) in [6.45, 7) is 0. The number of phenols is 1. The second kappa shape index (κ2) is 6.08. The molecule has 2 aromatic carbocycles. The zero-order valence-electron chi connectivity index (χ0n) is 11.2. The minimum absolute atomic E-state index is 0.201. The summed E-state index contributed by atoms with van der Waals surface area (Å²) >= 11 is 0.993. The van der Waals surface area contributed by atoms with E-state index in [4.69, 9.17) is 0 Å². The van der Waals surface area contributed by atoms with Gasteiger partial charge in [0.05, 0.1) is 0 Å². The molecular formula is C14H13Hg2NO2. The Hall–Kier alpha value is -0.160. The molecule has 0 aliphatic heterocycles. The summed E-state index contributed by atoms with van der Waals surface area (Å²) in [5, 5.41) is 11.9. The monoisotopic (exact) mass is 631 g/mol. The molecule has 0 saturated carbocycles. The molecule has 2 rings (SSSR count). The van der Waals surface area contributed by atoms with Crippen molar-refractivity contribution >= 4 is 22.2 Å². The van der Waals surface area contributed by atoms with E-state index in [1.165, 1.54) is 0 Å². The van der Waals surface area contributed by atoms with E-state index in [0.717, 1.165) is 16.5 Å². The molecule has 0 spiro atoms. The van der Waals surface area contributed by atoms with E-state index in [1.54, 1.807) is 6.07 Å². The van der Waals surface area contributed by atoms with Crippen LogP contribution in [0.3, 0.4) is 0 Å². The molecule has 3 nitrogen and oxygen atoms in total. The van der Waals surface area contributed by atoms with E-state index in [2.05, 4.69) is 0 Å². The maximum atomic E-state index is 12.1. The van der Waals surface area contributed by atoms with E-state index in [0.29, 0.717) is 58.7 Å². The van der Waals surface area contributed by atoms with Crippen LogP contribution in [0.4, 0.5) is 5.69 Å². The van der Waals surface area contributed by atoms with E-state index < -0.39 is 0 Å². The van der Waals surface area contributed by atoms with Gasteiger partial charge in [0, 0.05) is 0 Å². The Morgan fingerprint density at radius 1 is 1.21 bits per heavy atom. The first kappa shape index (κ1) is 15.2. The number of hydrogen-bond donors (Lipinski definition) is 1. The van der Waals surface area contributed by atoms with Crippen molar-refractivity contribution in [2.45, 2.75) is 0.935 Å². The van der Waals surface area contributed by atoms with E-state index in [-0.39, 0.29) is 11.5 Å². The molecule has 0 aliphatic rings. The van der Waals surface area contributed by atoms with Gasteiger partial charge in [-0.2, -0.15) is 0 Å². The Morgan fingerprint density at radius 2 is 1.89 bits per heavy atom. The van der Waals surface area contributed by atoms with Gasteiger partial charge in [0.25, 0.3) is 0 Å². The van der Waals surface area contributed by atoms with Crippen LogP contribution in [0.2, 0.25) is 0.935 Å². The number of hydrogen-bond acceptors (Lipinski definition) is 3. The van der Waals surface area contributed by atoms with Gasteiger partial charge < -0.3 is 0 Å². The van der Waals surface area contributed by atoms with Crippen LogP contribution < -0.4 is 4.90 Å². The van der Waals surface area contributed by atoms with Gasteiger partial charge in [0.1, 0.15) is 0 Å². The summed E-state index contributed by atoms with van der Waals surface area (Å²) in [4.78, 5) is 14.1. The standard InChI is InChI=1S/C14H13NO2.2Hg/c1-9(16)11-6-10-4-5-12(15(2)3)8-13(10)14(17)7-11;;/h1,4-8,17H,2-3H3;;. The van der Waals surface area contributed by atoms with Crippen molar-refractivity contribution in [3.05, 3.63) is 35.9 Å². The second-order valence-electron chi connectivity index (χ2n) is 4.86. The molecule has 0 aliphatic carbocycles. The van der Waals surface area contributed by atoms with Gasteiger partial charge in [-0.15, -0.1) is 0 Å². The number of benzene rings is 2. The van der Waals surface area contributed by atoms with Crippen molar-refractivity contribution in [3.8, 4) is 5.75 Å². The SMILES string of the molecule is CN(C)c1ccc2cc(C(=O)[CH]([Hg])[Hg])cc(O)c2c1. The number of nitrogens with zero attached hydrogens (tertiary/aromatic N) is 1. The van der Waals surface area contributed by atoms with Crippen LogP contribution >= 0.6 is 0 Å². The van der Waals surface area contributed by atoms with Crippen LogP contribution in [0.15, 0.2) is 30.3 Å². The molecule has 0 bridgehead atoms. The third-order valence-electron chi connectivity index (χ3n) is 3.09. The van der Waals surface area contributed by atoms with Crippen molar-refractivity contribution in [3.63, 3.8) is 0 Å². The van der Waals surface area contributed by atoms with Crippen molar-refractivity contribution in [1.82, 2.24) is 0 Å². The summed E-state index contributed by atoms with van der Waals surface area (Å²) in [5.41, 5.74) is 1.70. The molecule has 0 atom stereocenters. The molecule has 0 amide bonds. The Balaban J connectivity index is 2.59. The predicted molar refractivity (Wildman–Crippen MR) is 68.0 cm³/mol. The fraction of sp³-hybridized carbons (Fsp3) is 0.214. The number of carbonyl (C=O) groups excluding carboxylic acids is 1. The van der Waals surface area contributed by atoms with Gasteiger partial charge in [-0.05, 0) is 0 Å². The second-order valence-corrected chi connectivity index (χ2v) is 30.0. The quantitative estimate of drug-likeness (QED) is 0.420. The first-order chi connectivity index (χ1) is 8.90. The number of ketones is 1. The van der Waals surface area contributed by atoms with Gasteiger partial charge in [-0.3, -0.25) is 0 Å². The predicted octanol–water partition coefficient (Wildman–Crippen LogP) is 2.63. The van der Waals surface area contributed by atoms with Gasteiger partial charge in [0.15, 0.2) is 0 Å². The normalized spacial score (nSPS) is 11.1. The number of anilines is 1. The Morgan fingerprint density at radius 3 is 2.47 bits per heavy atom. The molecular weight excluding hydrogens is 615 g/mol. The van der Waals surface area contributed by atoms with Gasteiger partial charge >= 0.3 is 146 Å². The fourth-order valence-corrected chi connectivity index (χ4v) is 3.81. The number of phenolic OH excluding ortho intramolecular Hbond substituents is 1. The average molecular weight is 628 g/mol. The Bertz CT molecular complexity index is 639. The summed E-state index contributed by atoms with van der Waals surface area (Å²) in [6, 6.07) is 9.44. The number of carbonyl (C=O) groups is 1. The molecule has 0 unspecified atom stereocenters. The van der Waals surface area contributed by atoms with Crippen molar-refractivity contribution in [2.24, 2.45) is 0 Å². The van der Waals surface area contributed by atoms with Gasteiger partial charge in [-0.25, -0.2) is 0 Å². The fourth-order valence-electron chi connectivity index (χ4n) is 1.98. The topological polar surface area (TPSA) is 40.5 Å². The van der Waals surface area contributed by atoms with Crippen LogP contribution in [0.5, 0.6) is 5.75 Å². The summed E-state index contributed by atoms with van der Waals surface area (Å²) < 4.78 is 0.317. The van der Waals surface area contributed by atoms with E-state index in [1.807, 2.05) is 43.3 Å². The van der Waals surface area contributed by atoms with Crippen LogP contribution in [0.25, 0.3) is 10.8 Å². The Labute approximate surface area is 144 Å². The minimum atomic E-state index is 0.201. The summed E-state index contributed by atoms with van der Waals surface area (Å²) in [5.74, 6) is 0.424. The Kier molecular flexibility index (Phi) is 4.88. The first-order valence-corrected chi connectivity index (χ1v) is 12.4. The van der Waals surface area contributed by atoms with Gasteiger partial charge in [0.2, 0.25) is 0 Å². The van der Waals surface area contributed by atoms with Crippen molar-refractivity contribution in [1.29, 1.82) is 0 Å². The number of aromatic hydroxyl groups is 1. The molecule has 90 valence electrons. The number of rotatable bonds is 3. The zero-order chi connectivity index (χ0) is 14.2. The molecule has 0 aromatic heterocycles.